The quantitative estimate of drug-likeness (QED) is 0.303. The second-order valence-electron chi connectivity index (χ2n) is 10.7. The number of benzene rings is 1. The Morgan fingerprint density at radius 1 is 1.14 bits per heavy atom. The number of fused-ring (bicyclic) bond motifs is 2. The Labute approximate surface area is 206 Å². The lowest BCUT2D eigenvalue weighted by Crippen LogP contribution is -2.56. The lowest BCUT2D eigenvalue weighted by atomic mass is 9.47. The van der Waals surface area contributed by atoms with Crippen molar-refractivity contribution in [3.05, 3.63) is 40.8 Å². The lowest BCUT2D eigenvalue weighted by molar-refractivity contribution is -0.175. The highest BCUT2D eigenvalue weighted by Crippen LogP contribution is 2.61. The predicted octanol–water partition coefficient (Wildman–Crippen LogP) is 5.53. The second-order valence-corrected chi connectivity index (χ2v) is 10.7. The largest absolute Gasteiger partial charge is 0.493 e. The Bertz CT molecular complexity index is 1190. The molecule has 35 heavy (non-hydrogen) atoms. The average molecular weight is 485 g/mol. The molecule has 4 unspecified atom stereocenters. The van der Waals surface area contributed by atoms with Crippen molar-refractivity contribution in [3.63, 3.8) is 0 Å². The molecule has 2 fully saturated rings. The van der Waals surface area contributed by atoms with E-state index in [9.17, 15) is 9.59 Å². The van der Waals surface area contributed by atoms with Crippen molar-refractivity contribution >= 4 is 16.9 Å². The monoisotopic (exact) mass is 484 g/mol. The van der Waals surface area contributed by atoms with Gasteiger partial charge in [0.05, 0.1) is 20.8 Å². The maximum atomic E-state index is 11.9. The Balaban J connectivity index is 1.67. The predicted molar refractivity (Wildman–Crippen MR) is 133 cm³/mol. The third kappa shape index (κ3) is 4.30. The minimum absolute atomic E-state index is 0.0701. The smallest absolute Gasteiger partial charge is 0.336 e. The summed E-state index contributed by atoms with van der Waals surface area (Å²) in [5.74, 6) is 1.44. The Kier molecular flexibility index (Phi) is 6.64. The molecule has 0 spiro atoms. The molecule has 1 aromatic carbocycles. The summed E-state index contributed by atoms with van der Waals surface area (Å²) in [6, 6.07) is 4.82. The molecule has 4 atom stereocenters. The molecule has 190 valence electrons. The molecule has 0 N–H and O–H groups in total. The molecule has 1 aromatic heterocycles. The summed E-state index contributed by atoms with van der Waals surface area (Å²) in [6.45, 7) is 13.0. The third-order valence-electron chi connectivity index (χ3n) is 8.43. The summed E-state index contributed by atoms with van der Waals surface area (Å²) in [4.78, 5) is 23.6. The maximum Gasteiger partial charge on any atom is 0.336 e. The molecule has 0 saturated heterocycles. The van der Waals surface area contributed by atoms with E-state index in [0.717, 1.165) is 31.3 Å². The molecule has 7 nitrogen and oxygen atoms in total. The van der Waals surface area contributed by atoms with Crippen molar-refractivity contribution in [1.29, 1.82) is 0 Å². The van der Waals surface area contributed by atoms with Crippen molar-refractivity contribution in [3.8, 4) is 17.2 Å². The summed E-state index contributed by atoms with van der Waals surface area (Å²) in [5.41, 5.74) is 0.787. The van der Waals surface area contributed by atoms with E-state index in [4.69, 9.17) is 23.4 Å². The van der Waals surface area contributed by atoms with Gasteiger partial charge < -0.3 is 23.4 Å². The Morgan fingerprint density at radius 2 is 1.89 bits per heavy atom. The summed E-state index contributed by atoms with van der Waals surface area (Å²) < 4.78 is 28.8. The van der Waals surface area contributed by atoms with E-state index in [1.165, 1.54) is 20.1 Å². The van der Waals surface area contributed by atoms with E-state index in [0.29, 0.717) is 40.7 Å². The van der Waals surface area contributed by atoms with Crippen LogP contribution in [0.3, 0.4) is 0 Å². The van der Waals surface area contributed by atoms with Gasteiger partial charge in [-0.15, -0.1) is 0 Å². The van der Waals surface area contributed by atoms with Crippen molar-refractivity contribution in [2.45, 2.75) is 59.5 Å². The highest BCUT2D eigenvalue weighted by atomic mass is 16.5. The van der Waals surface area contributed by atoms with E-state index >= 15 is 0 Å². The first-order valence-electron chi connectivity index (χ1n) is 12.2. The molecule has 0 aliphatic heterocycles. The Hall–Kier alpha value is -2.96. The highest BCUT2D eigenvalue weighted by molar-refractivity contribution is 5.88. The van der Waals surface area contributed by atoms with Crippen molar-refractivity contribution in [2.24, 2.45) is 22.7 Å². The molecule has 2 saturated carbocycles. The van der Waals surface area contributed by atoms with Gasteiger partial charge in [0.1, 0.15) is 6.10 Å². The van der Waals surface area contributed by atoms with Gasteiger partial charge in [-0.25, -0.2) is 4.79 Å². The number of esters is 1. The van der Waals surface area contributed by atoms with E-state index < -0.39 is 5.63 Å². The van der Waals surface area contributed by atoms with E-state index in [2.05, 4.69) is 27.4 Å². The number of carbonyl (C=O) groups excluding carboxylic acids is 1. The van der Waals surface area contributed by atoms with Crippen LogP contribution in [0.4, 0.5) is 0 Å². The van der Waals surface area contributed by atoms with Gasteiger partial charge in [-0.2, -0.15) is 0 Å². The van der Waals surface area contributed by atoms with Gasteiger partial charge in [0.15, 0.2) is 11.3 Å². The topological polar surface area (TPSA) is 84.2 Å². The zero-order valence-corrected chi connectivity index (χ0v) is 21.6. The van der Waals surface area contributed by atoms with Crippen LogP contribution >= 0.6 is 0 Å². The maximum absolute atomic E-state index is 11.9. The van der Waals surface area contributed by atoms with Crippen LogP contribution in [0.15, 0.2) is 39.6 Å². The average Bonchev–Trinajstić information content (AvgIpc) is 2.79. The number of ether oxygens (including phenoxy) is 4. The Morgan fingerprint density at radius 3 is 2.54 bits per heavy atom. The summed E-state index contributed by atoms with van der Waals surface area (Å²) >= 11 is 0. The fourth-order valence-electron chi connectivity index (χ4n) is 6.65. The molecule has 1 heterocycles. The van der Waals surface area contributed by atoms with E-state index in [1.54, 1.807) is 19.2 Å². The normalized spacial score (nSPS) is 27.7. The number of methoxy groups -OCH3 is 2. The van der Waals surface area contributed by atoms with E-state index in [1.807, 2.05) is 0 Å². The first-order valence-corrected chi connectivity index (χ1v) is 12.2. The van der Waals surface area contributed by atoms with Gasteiger partial charge in [0.25, 0.3) is 0 Å². The fourth-order valence-corrected chi connectivity index (χ4v) is 6.65. The summed E-state index contributed by atoms with van der Waals surface area (Å²) in [7, 11) is 3.09. The molecule has 0 bridgehead atoms. The van der Waals surface area contributed by atoms with Gasteiger partial charge in [-0.1, -0.05) is 32.9 Å². The molecule has 7 heteroatoms. The van der Waals surface area contributed by atoms with Gasteiger partial charge in [0.2, 0.25) is 11.5 Å². The molecule has 4 rings (SSSR count). The summed E-state index contributed by atoms with van der Waals surface area (Å²) in [5, 5.41) is 0.685. The van der Waals surface area contributed by atoms with E-state index in [-0.39, 0.29) is 28.8 Å². The molecule has 0 amide bonds. The van der Waals surface area contributed by atoms with Gasteiger partial charge in [-0.05, 0) is 49.1 Å². The minimum Gasteiger partial charge on any atom is -0.493 e. The van der Waals surface area contributed by atoms with Crippen LogP contribution in [0, 0.1) is 22.7 Å². The standard InChI is InChI=1S/C28H36O7/c1-16-8-10-21-27(3,4)22(34-17(2)29)12-13-28(21,5)19(16)15-33-25-20(31-6)14-18-9-11-23(30)35-24(18)26(25)32-7/h9,11,14,19,21-22H,1,8,10,12-13,15H2,2-7H3. The molecular weight excluding hydrogens is 448 g/mol. The van der Waals surface area contributed by atoms with Crippen LogP contribution in [-0.4, -0.2) is 32.9 Å². The van der Waals surface area contributed by atoms with Crippen LogP contribution in [0.1, 0.15) is 53.4 Å². The van der Waals surface area contributed by atoms with Crippen LogP contribution in [0.25, 0.3) is 11.0 Å². The number of rotatable bonds is 6. The van der Waals surface area contributed by atoms with Crippen LogP contribution < -0.4 is 19.8 Å². The van der Waals surface area contributed by atoms with Crippen molar-refractivity contribution < 1.29 is 28.2 Å². The molecule has 2 aromatic rings. The third-order valence-corrected chi connectivity index (χ3v) is 8.43. The summed E-state index contributed by atoms with van der Waals surface area (Å²) in [6.07, 6.45) is 3.51. The molecular formula is C28H36O7. The number of hydrogen-bond donors (Lipinski definition) is 0. The van der Waals surface area contributed by atoms with Gasteiger partial charge >= 0.3 is 11.6 Å². The van der Waals surface area contributed by atoms with Crippen LogP contribution in [-0.2, 0) is 9.53 Å². The van der Waals surface area contributed by atoms with Crippen molar-refractivity contribution in [2.75, 3.05) is 20.8 Å². The zero-order chi connectivity index (χ0) is 25.5. The first kappa shape index (κ1) is 25.1. The van der Waals surface area contributed by atoms with Gasteiger partial charge in [0, 0.05) is 29.7 Å². The minimum atomic E-state index is -0.463. The highest BCUT2D eigenvalue weighted by Gasteiger charge is 2.57. The zero-order valence-electron chi connectivity index (χ0n) is 21.6. The van der Waals surface area contributed by atoms with Crippen LogP contribution in [0.2, 0.25) is 0 Å². The fraction of sp³-hybridized carbons (Fsp3) is 0.571. The van der Waals surface area contributed by atoms with Gasteiger partial charge in [-0.3, -0.25) is 4.79 Å². The number of carbonyl (C=O) groups is 1. The second kappa shape index (κ2) is 9.25. The molecule has 2 aliphatic carbocycles. The lowest BCUT2D eigenvalue weighted by Gasteiger charge is -2.59. The SMILES string of the molecule is C=C1CCC2C(C)(C)C(OC(C)=O)CCC2(C)C1COc1c(OC)cc2ccc(=O)oc2c1OC. The molecule has 2 aliphatic rings. The molecule has 0 radical (unpaired) electrons. The van der Waals surface area contributed by atoms with Crippen LogP contribution in [0.5, 0.6) is 17.2 Å². The number of hydrogen-bond acceptors (Lipinski definition) is 7. The first-order chi connectivity index (χ1) is 16.5. The van der Waals surface area contributed by atoms with Crippen molar-refractivity contribution in [1.82, 2.24) is 0 Å².